The minimum absolute atomic E-state index is 0.117. The van der Waals surface area contributed by atoms with Crippen molar-refractivity contribution in [1.82, 2.24) is 19.7 Å². The fourth-order valence-electron chi connectivity index (χ4n) is 2.50. The Hall–Kier alpha value is -2.40. The normalized spacial score (nSPS) is 12.9. The SMILES string of the molecule is CCSc1nc2sccn2c(=O)c1C(=O)NC(Cc1ccccn1)C(F)(F)F. The lowest BCUT2D eigenvalue weighted by molar-refractivity contribution is -0.153. The first kappa shape index (κ1) is 20.3. The second kappa shape index (κ2) is 8.31. The highest BCUT2D eigenvalue weighted by molar-refractivity contribution is 7.99. The molecule has 28 heavy (non-hydrogen) atoms. The van der Waals surface area contributed by atoms with E-state index >= 15 is 0 Å². The first-order valence-electron chi connectivity index (χ1n) is 8.21. The van der Waals surface area contributed by atoms with Crippen LogP contribution in [0, 0.1) is 0 Å². The Morgan fingerprint density at radius 3 is 2.82 bits per heavy atom. The Morgan fingerprint density at radius 2 is 2.18 bits per heavy atom. The van der Waals surface area contributed by atoms with Gasteiger partial charge in [-0.05, 0) is 17.9 Å². The van der Waals surface area contributed by atoms with Crippen LogP contribution in [-0.4, -0.2) is 38.2 Å². The molecule has 0 aromatic carbocycles. The summed E-state index contributed by atoms with van der Waals surface area (Å²) in [4.78, 5) is 33.9. The number of hydrogen-bond acceptors (Lipinski definition) is 6. The van der Waals surface area contributed by atoms with Crippen LogP contribution in [0.4, 0.5) is 13.2 Å². The van der Waals surface area contributed by atoms with Crippen LogP contribution in [0.1, 0.15) is 23.0 Å². The predicted octanol–water partition coefficient (Wildman–Crippen LogP) is 3.17. The topological polar surface area (TPSA) is 76.4 Å². The summed E-state index contributed by atoms with van der Waals surface area (Å²) in [5, 5.41) is 3.68. The Balaban J connectivity index is 1.96. The third kappa shape index (κ3) is 4.36. The van der Waals surface area contributed by atoms with Gasteiger partial charge in [-0.3, -0.25) is 19.0 Å². The molecule has 1 atom stereocenters. The zero-order valence-corrected chi connectivity index (χ0v) is 16.2. The lowest BCUT2D eigenvalue weighted by Gasteiger charge is -2.21. The largest absolute Gasteiger partial charge is 0.409 e. The maximum absolute atomic E-state index is 13.5. The number of thiazole rings is 1. The lowest BCUT2D eigenvalue weighted by atomic mass is 10.1. The van der Waals surface area contributed by atoms with Crippen LogP contribution < -0.4 is 10.9 Å². The van der Waals surface area contributed by atoms with Crippen LogP contribution in [0.25, 0.3) is 4.96 Å². The molecule has 0 aliphatic heterocycles. The number of nitrogens with one attached hydrogen (secondary N) is 1. The number of halogens is 3. The molecule has 11 heteroatoms. The molecule has 0 aliphatic rings. The molecule has 0 fully saturated rings. The molecule has 0 saturated carbocycles. The molecule has 0 bridgehead atoms. The van der Waals surface area contributed by atoms with E-state index in [9.17, 15) is 22.8 Å². The van der Waals surface area contributed by atoms with Crippen molar-refractivity contribution >= 4 is 34.0 Å². The summed E-state index contributed by atoms with van der Waals surface area (Å²) in [5.74, 6) is -0.599. The molecule has 0 saturated heterocycles. The van der Waals surface area contributed by atoms with Crippen molar-refractivity contribution in [1.29, 1.82) is 0 Å². The summed E-state index contributed by atoms with van der Waals surface area (Å²) >= 11 is 2.33. The Bertz CT molecular complexity index is 1030. The molecule has 3 aromatic heterocycles. The smallest absolute Gasteiger partial charge is 0.340 e. The van der Waals surface area contributed by atoms with Gasteiger partial charge in [0.2, 0.25) is 0 Å². The molecular weight excluding hydrogens is 413 g/mol. The standard InChI is InChI=1S/C17H15F3N4O2S2/c1-2-27-14-12(15(26)24-7-8-28-16(24)23-14)13(25)22-11(17(18,19)20)9-10-5-3-4-6-21-10/h3-8,11H,2,9H2,1H3,(H,22,25). The van der Waals surface area contributed by atoms with Crippen LogP contribution >= 0.6 is 23.1 Å². The van der Waals surface area contributed by atoms with Crippen molar-refractivity contribution in [3.63, 3.8) is 0 Å². The van der Waals surface area contributed by atoms with Crippen LogP contribution in [0.15, 0.2) is 45.8 Å². The van der Waals surface area contributed by atoms with Crippen LogP contribution in [0.3, 0.4) is 0 Å². The maximum Gasteiger partial charge on any atom is 0.409 e. The summed E-state index contributed by atoms with van der Waals surface area (Å²) in [6, 6.07) is 2.41. The summed E-state index contributed by atoms with van der Waals surface area (Å²) in [6.07, 6.45) is -2.44. The van der Waals surface area contributed by atoms with E-state index in [2.05, 4.69) is 9.97 Å². The van der Waals surface area contributed by atoms with E-state index in [1.54, 1.807) is 24.4 Å². The zero-order valence-electron chi connectivity index (χ0n) is 14.6. The number of thioether (sulfide) groups is 1. The van der Waals surface area contributed by atoms with Gasteiger partial charge in [-0.2, -0.15) is 13.2 Å². The number of rotatable bonds is 6. The summed E-state index contributed by atoms with van der Waals surface area (Å²) < 4.78 is 41.6. The van der Waals surface area contributed by atoms with E-state index in [4.69, 9.17) is 0 Å². The second-order valence-electron chi connectivity index (χ2n) is 5.68. The predicted molar refractivity (Wildman–Crippen MR) is 101 cm³/mol. The van der Waals surface area contributed by atoms with Gasteiger partial charge in [0, 0.05) is 29.9 Å². The highest BCUT2D eigenvalue weighted by atomic mass is 32.2. The van der Waals surface area contributed by atoms with Gasteiger partial charge in [0.1, 0.15) is 16.6 Å². The van der Waals surface area contributed by atoms with Crippen molar-refractivity contribution < 1.29 is 18.0 Å². The molecule has 0 aliphatic carbocycles. The van der Waals surface area contributed by atoms with Gasteiger partial charge in [0.25, 0.3) is 11.5 Å². The Morgan fingerprint density at radius 1 is 1.39 bits per heavy atom. The maximum atomic E-state index is 13.5. The van der Waals surface area contributed by atoms with Crippen molar-refractivity contribution in [3.05, 3.63) is 57.6 Å². The fourth-order valence-corrected chi connectivity index (χ4v) is 4.02. The van der Waals surface area contributed by atoms with Gasteiger partial charge in [-0.25, -0.2) is 4.98 Å². The molecule has 148 valence electrons. The minimum atomic E-state index is -4.71. The van der Waals surface area contributed by atoms with Gasteiger partial charge in [0.05, 0.1) is 0 Å². The molecule has 3 heterocycles. The molecule has 6 nitrogen and oxygen atoms in total. The molecule has 1 unspecified atom stereocenters. The molecule has 0 radical (unpaired) electrons. The minimum Gasteiger partial charge on any atom is -0.340 e. The number of hydrogen-bond donors (Lipinski definition) is 1. The Labute approximate surface area is 165 Å². The second-order valence-corrected chi connectivity index (χ2v) is 7.80. The molecule has 1 N–H and O–H groups in total. The van der Waals surface area contributed by atoms with Crippen LogP contribution in [0.2, 0.25) is 0 Å². The van der Waals surface area contributed by atoms with Gasteiger partial charge >= 0.3 is 6.18 Å². The number of pyridine rings is 1. The number of amides is 1. The average Bonchev–Trinajstić information content (AvgIpc) is 3.10. The van der Waals surface area contributed by atoms with E-state index < -0.39 is 35.7 Å². The summed E-state index contributed by atoms with van der Waals surface area (Å²) in [7, 11) is 0. The molecule has 3 aromatic rings. The van der Waals surface area contributed by atoms with Crippen molar-refractivity contribution in [2.45, 2.75) is 30.6 Å². The first-order chi connectivity index (χ1) is 13.3. The van der Waals surface area contributed by atoms with Gasteiger partial charge < -0.3 is 5.32 Å². The zero-order chi connectivity index (χ0) is 20.3. The van der Waals surface area contributed by atoms with Crippen LogP contribution in [-0.2, 0) is 6.42 Å². The number of carbonyl (C=O) groups is 1. The number of nitrogens with zero attached hydrogens (tertiary/aromatic N) is 3. The lowest BCUT2D eigenvalue weighted by Crippen LogP contribution is -2.48. The first-order valence-corrected chi connectivity index (χ1v) is 10.1. The third-order valence-corrected chi connectivity index (χ3v) is 5.40. The summed E-state index contributed by atoms with van der Waals surface area (Å²) in [5.41, 5.74) is -0.909. The number of fused-ring (bicyclic) bond motifs is 1. The van der Waals surface area contributed by atoms with E-state index in [1.807, 2.05) is 5.32 Å². The molecule has 0 spiro atoms. The molecular formula is C17H15F3N4O2S2. The van der Waals surface area contributed by atoms with Gasteiger partial charge in [0.15, 0.2) is 4.96 Å². The number of carbonyl (C=O) groups excluding carboxylic acids is 1. The highest BCUT2D eigenvalue weighted by Crippen LogP contribution is 2.25. The van der Waals surface area contributed by atoms with Crippen molar-refractivity contribution in [3.8, 4) is 0 Å². The van der Waals surface area contributed by atoms with E-state index in [0.717, 1.165) is 16.2 Å². The van der Waals surface area contributed by atoms with E-state index in [1.165, 1.54) is 29.8 Å². The van der Waals surface area contributed by atoms with Gasteiger partial charge in [-0.15, -0.1) is 23.1 Å². The van der Waals surface area contributed by atoms with E-state index in [-0.39, 0.29) is 10.7 Å². The Kier molecular flexibility index (Phi) is 6.04. The van der Waals surface area contributed by atoms with E-state index in [0.29, 0.717) is 10.7 Å². The van der Waals surface area contributed by atoms with Crippen molar-refractivity contribution in [2.75, 3.05) is 5.75 Å². The highest BCUT2D eigenvalue weighted by Gasteiger charge is 2.41. The quantitative estimate of drug-likeness (QED) is 0.482. The molecule has 3 rings (SSSR count). The summed E-state index contributed by atoms with van der Waals surface area (Å²) in [6.45, 7) is 1.80. The number of aromatic nitrogens is 3. The van der Waals surface area contributed by atoms with Crippen LogP contribution in [0.5, 0.6) is 0 Å². The van der Waals surface area contributed by atoms with Gasteiger partial charge in [-0.1, -0.05) is 13.0 Å². The number of alkyl halides is 3. The fraction of sp³-hybridized carbons (Fsp3) is 0.294. The molecule has 1 amide bonds. The monoisotopic (exact) mass is 428 g/mol. The third-order valence-electron chi connectivity index (χ3n) is 3.78. The average molecular weight is 428 g/mol. The van der Waals surface area contributed by atoms with Crippen molar-refractivity contribution in [2.24, 2.45) is 0 Å².